The summed E-state index contributed by atoms with van der Waals surface area (Å²) in [4.78, 5) is 9.53. The average Bonchev–Trinajstić information content (AvgIpc) is 3.11. The van der Waals surface area contributed by atoms with Gasteiger partial charge in [-0.25, -0.2) is 9.97 Å². The van der Waals surface area contributed by atoms with Crippen LogP contribution in [0, 0.1) is 11.8 Å². The first-order valence-corrected chi connectivity index (χ1v) is 8.08. The van der Waals surface area contributed by atoms with Crippen LogP contribution in [0.15, 0.2) is 6.20 Å². The van der Waals surface area contributed by atoms with E-state index in [1.165, 1.54) is 24.1 Å². The highest BCUT2D eigenvalue weighted by atomic mass is 79.9. The van der Waals surface area contributed by atoms with Crippen molar-refractivity contribution >= 4 is 15.9 Å². The number of nitrogens with zero attached hydrogens (tertiary/aromatic N) is 2. The van der Waals surface area contributed by atoms with Crippen molar-refractivity contribution in [3.8, 4) is 0 Å². The van der Waals surface area contributed by atoms with Crippen LogP contribution in [0.3, 0.4) is 0 Å². The lowest BCUT2D eigenvalue weighted by Crippen LogP contribution is -2.18. The molecular formula is C15H23BrN2. The highest BCUT2D eigenvalue weighted by Crippen LogP contribution is 2.41. The Hall–Kier alpha value is -0.440. The van der Waals surface area contributed by atoms with E-state index in [-0.39, 0.29) is 0 Å². The monoisotopic (exact) mass is 310 g/mol. The molecule has 100 valence electrons. The van der Waals surface area contributed by atoms with Crippen molar-refractivity contribution in [2.75, 3.05) is 0 Å². The maximum absolute atomic E-state index is 4.91. The summed E-state index contributed by atoms with van der Waals surface area (Å²) in [5.74, 6) is 3.39. The van der Waals surface area contributed by atoms with Crippen LogP contribution in [0.5, 0.6) is 0 Å². The molecule has 0 saturated heterocycles. The molecule has 0 atom stereocenters. The standard InChI is InChI=1S/C15H23BrN2/c1-9(2)13(10(3)4)15-17-8-12(7-16)14(18-15)11-5-6-11/h8-11,13H,5-7H2,1-4H3. The van der Waals surface area contributed by atoms with E-state index < -0.39 is 0 Å². The minimum Gasteiger partial charge on any atom is -0.241 e. The van der Waals surface area contributed by atoms with E-state index >= 15 is 0 Å². The second kappa shape index (κ2) is 5.68. The maximum atomic E-state index is 4.91. The lowest BCUT2D eigenvalue weighted by atomic mass is 9.85. The molecule has 1 aliphatic carbocycles. The molecule has 1 aliphatic rings. The molecule has 1 aromatic rings. The third-order valence-electron chi connectivity index (χ3n) is 3.76. The van der Waals surface area contributed by atoms with Gasteiger partial charge in [-0.05, 0) is 24.7 Å². The van der Waals surface area contributed by atoms with Gasteiger partial charge in [-0.2, -0.15) is 0 Å². The van der Waals surface area contributed by atoms with E-state index in [1.54, 1.807) is 0 Å². The van der Waals surface area contributed by atoms with Crippen LogP contribution in [-0.4, -0.2) is 9.97 Å². The minimum atomic E-state index is 0.465. The molecule has 0 radical (unpaired) electrons. The van der Waals surface area contributed by atoms with Crippen molar-refractivity contribution < 1.29 is 0 Å². The van der Waals surface area contributed by atoms with Crippen molar-refractivity contribution in [3.05, 3.63) is 23.3 Å². The normalized spacial score (nSPS) is 16.0. The van der Waals surface area contributed by atoms with E-state index in [2.05, 4.69) is 48.6 Å². The van der Waals surface area contributed by atoms with Crippen LogP contribution in [0.4, 0.5) is 0 Å². The van der Waals surface area contributed by atoms with Gasteiger partial charge in [0, 0.05) is 28.9 Å². The van der Waals surface area contributed by atoms with E-state index in [4.69, 9.17) is 4.98 Å². The van der Waals surface area contributed by atoms with Crippen molar-refractivity contribution in [2.45, 2.75) is 57.7 Å². The fraction of sp³-hybridized carbons (Fsp3) is 0.733. The zero-order valence-corrected chi connectivity index (χ0v) is 13.4. The Morgan fingerprint density at radius 3 is 2.28 bits per heavy atom. The van der Waals surface area contributed by atoms with Gasteiger partial charge in [0.1, 0.15) is 5.82 Å². The Morgan fingerprint density at radius 1 is 1.22 bits per heavy atom. The molecule has 0 bridgehead atoms. The number of halogens is 1. The van der Waals surface area contributed by atoms with Gasteiger partial charge in [-0.3, -0.25) is 0 Å². The Bertz CT molecular complexity index is 403. The number of alkyl halides is 1. The van der Waals surface area contributed by atoms with Crippen LogP contribution < -0.4 is 0 Å². The van der Waals surface area contributed by atoms with Crippen molar-refractivity contribution in [2.24, 2.45) is 11.8 Å². The van der Waals surface area contributed by atoms with Gasteiger partial charge >= 0.3 is 0 Å². The van der Waals surface area contributed by atoms with Crippen molar-refractivity contribution in [3.63, 3.8) is 0 Å². The summed E-state index contributed by atoms with van der Waals surface area (Å²) < 4.78 is 0. The molecule has 0 aliphatic heterocycles. The molecule has 1 saturated carbocycles. The summed E-state index contributed by atoms with van der Waals surface area (Å²) in [6, 6.07) is 0. The molecular weight excluding hydrogens is 288 g/mol. The van der Waals surface area contributed by atoms with Crippen LogP contribution in [0.2, 0.25) is 0 Å². The molecule has 18 heavy (non-hydrogen) atoms. The molecule has 2 nitrogen and oxygen atoms in total. The second-order valence-corrected chi connectivity index (χ2v) is 6.62. The molecule has 3 heteroatoms. The molecule has 0 aromatic carbocycles. The fourth-order valence-electron chi connectivity index (χ4n) is 2.77. The number of rotatable bonds is 5. The SMILES string of the molecule is CC(C)C(c1ncc(CBr)c(C2CC2)n1)C(C)C. The zero-order chi connectivity index (χ0) is 13.3. The maximum Gasteiger partial charge on any atom is 0.132 e. The molecule has 1 heterocycles. The number of hydrogen-bond acceptors (Lipinski definition) is 2. The van der Waals surface area contributed by atoms with Crippen LogP contribution in [0.1, 0.15) is 69.5 Å². The third kappa shape index (κ3) is 2.93. The Kier molecular flexibility index (Phi) is 4.41. The van der Waals surface area contributed by atoms with Gasteiger partial charge in [-0.15, -0.1) is 0 Å². The van der Waals surface area contributed by atoms with Crippen LogP contribution in [-0.2, 0) is 5.33 Å². The second-order valence-electron chi connectivity index (χ2n) is 6.06. The molecule has 0 unspecified atom stereocenters. The predicted octanol–water partition coefficient (Wildman–Crippen LogP) is 4.64. The molecule has 1 fully saturated rings. The predicted molar refractivity (Wildman–Crippen MR) is 79.1 cm³/mol. The topological polar surface area (TPSA) is 25.8 Å². The van der Waals surface area contributed by atoms with E-state index in [9.17, 15) is 0 Å². The summed E-state index contributed by atoms with van der Waals surface area (Å²) in [6.07, 6.45) is 4.62. The van der Waals surface area contributed by atoms with Gasteiger partial charge in [0.15, 0.2) is 0 Å². The molecule has 2 rings (SSSR count). The molecule has 0 spiro atoms. The smallest absolute Gasteiger partial charge is 0.132 e. The largest absolute Gasteiger partial charge is 0.241 e. The van der Waals surface area contributed by atoms with Crippen LogP contribution >= 0.6 is 15.9 Å². The summed E-state index contributed by atoms with van der Waals surface area (Å²) in [6.45, 7) is 9.07. The Labute approximate surface area is 119 Å². The van der Waals surface area contributed by atoms with Crippen molar-refractivity contribution in [1.29, 1.82) is 0 Å². The highest BCUT2D eigenvalue weighted by molar-refractivity contribution is 9.08. The molecule has 1 aromatic heterocycles. The fourth-order valence-corrected chi connectivity index (χ4v) is 3.21. The minimum absolute atomic E-state index is 0.465. The van der Waals surface area contributed by atoms with Gasteiger partial charge in [0.25, 0.3) is 0 Å². The first-order chi connectivity index (χ1) is 8.54. The highest BCUT2D eigenvalue weighted by Gasteiger charge is 2.30. The third-order valence-corrected chi connectivity index (χ3v) is 4.36. The van der Waals surface area contributed by atoms with E-state index in [0.29, 0.717) is 23.7 Å². The summed E-state index contributed by atoms with van der Waals surface area (Å²) >= 11 is 3.54. The van der Waals surface area contributed by atoms with Crippen molar-refractivity contribution in [1.82, 2.24) is 9.97 Å². The van der Waals surface area contributed by atoms with E-state index in [1.807, 2.05) is 6.20 Å². The van der Waals surface area contributed by atoms with Gasteiger partial charge < -0.3 is 0 Å². The van der Waals surface area contributed by atoms with Gasteiger partial charge in [0.2, 0.25) is 0 Å². The summed E-state index contributed by atoms with van der Waals surface area (Å²) in [7, 11) is 0. The Balaban J connectivity index is 2.35. The van der Waals surface area contributed by atoms with Gasteiger partial charge in [0.05, 0.1) is 5.69 Å². The molecule has 0 amide bonds. The first kappa shape index (κ1) is 14.0. The van der Waals surface area contributed by atoms with Gasteiger partial charge in [-0.1, -0.05) is 43.6 Å². The lowest BCUT2D eigenvalue weighted by molar-refractivity contribution is 0.370. The summed E-state index contributed by atoms with van der Waals surface area (Å²) in [5.41, 5.74) is 2.57. The summed E-state index contributed by atoms with van der Waals surface area (Å²) in [5, 5.41) is 0.868. The average molecular weight is 311 g/mol. The zero-order valence-electron chi connectivity index (χ0n) is 11.8. The van der Waals surface area contributed by atoms with Crippen LogP contribution in [0.25, 0.3) is 0 Å². The lowest BCUT2D eigenvalue weighted by Gasteiger charge is -2.24. The Morgan fingerprint density at radius 2 is 1.83 bits per heavy atom. The number of aromatic nitrogens is 2. The van der Waals surface area contributed by atoms with E-state index in [0.717, 1.165) is 11.2 Å². The first-order valence-electron chi connectivity index (χ1n) is 6.96. The quantitative estimate of drug-likeness (QED) is 0.740. The number of hydrogen-bond donors (Lipinski definition) is 0. The molecule has 0 N–H and O–H groups in total.